The van der Waals surface area contributed by atoms with Crippen LogP contribution in [0.25, 0.3) is 11.5 Å². The van der Waals surface area contributed by atoms with E-state index >= 15 is 0 Å². The second kappa shape index (κ2) is 8.26. The van der Waals surface area contributed by atoms with Crippen LogP contribution >= 0.6 is 27.5 Å². The van der Waals surface area contributed by atoms with E-state index in [0.717, 1.165) is 0 Å². The van der Waals surface area contributed by atoms with Crippen molar-refractivity contribution in [2.24, 2.45) is 0 Å². The van der Waals surface area contributed by atoms with E-state index in [4.69, 9.17) is 21.4 Å². The number of aromatic nitrogens is 2. The summed E-state index contributed by atoms with van der Waals surface area (Å²) in [4.78, 5) is 0. The van der Waals surface area contributed by atoms with Crippen LogP contribution < -0.4 is 5.68 Å². The van der Waals surface area contributed by atoms with E-state index in [1.807, 2.05) is 13.8 Å². The summed E-state index contributed by atoms with van der Waals surface area (Å²) in [6.07, 6.45) is 0. The van der Waals surface area contributed by atoms with Crippen LogP contribution in [0.3, 0.4) is 0 Å². The van der Waals surface area contributed by atoms with Crippen molar-refractivity contribution in [1.29, 1.82) is 5.41 Å². The topological polar surface area (TPSA) is 54.8 Å². The zero-order valence-electron chi connectivity index (χ0n) is 13.2. The third-order valence-electron chi connectivity index (χ3n) is 3.05. The Bertz CT molecular complexity index is 892. The number of hydrogen-bond donors (Lipinski definition) is 1. The third kappa shape index (κ3) is 4.33. The zero-order chi connectivity index (χ0) is 17.7. The van der Waals surface area contributed by atoms with E-state index in [9.17, 15) is 4.39 Å². The van der Waals surface area contributed by atoms with Gasteiger partial charge < -0.3 is 4.42 Å². The molecule has 1 N–H and O–H groups in total. The summed E-state index contributed by atoms with van der Waals surface area (Å²) in [6, 6.07) is 11.7. The lowest BCUT2D eigenvalue weighted by Gasteiger charge is -2.02. The molecule has 2 aromatic carbocycles. The first-order valence-electron chi connectivity index (χ1n) is 7.35. The normalized spacial score (nSPS) is 10.2. The maximum Gasteiger partial charge on any atom is 0.312 e. The van der Waals surface area contributed by atoms with E-state index in [-0.39, 0.29) is 23.9 Å². The minimum atomic E-state index is -0.367. The Kier molecular flexibility index (Phi) is 6.34. The Balaban J connectivity index is 0.00000100. The Labute approximate surface area is 152 Å². The molecule has 0 aliphatic heterocycles. The predicted molar refractivity (Wildman–Crippen MR) is 95.3 cm³/mol. The van der Waals surface area contributed by atoms with Gasteiger partial charge in [-0.05, 0) is 30.3 Å². The molecule has 3 rings (SSSR count). The van der Waals surface area contributed by atoms with Crippen LogP contribution in [-0.4, -0.2) is 9.78 Å². The minimum Gasteiger partial charge on any atom is -0.404 e. The number of nitrogens with one attached hydrogen (secondary N) is 1. The number of hydrogen-bond acceptors (Lipinski definition) is 3. The molecular formula is C17H16BrClFN3O. The van der Waals surface area contributed by atoms with Gasteiger partial charge in [0.05, 0.1) is 6.54 Å². The molecule has 0 aliphatic rings. The summed E-state index contributed by atoms with van der Waals surface area (Å²) in [7, 11) is 0. The monoisotopic (exact) mass is 411 g/mol. The molecule has 0 spiro atoms. The number of rotatable bonds is 3. The Hall–Kier alpha value is -1.92. The van der Waals surface area contributed by atoms with E-state index in [2.05, 4.69) is 21.0 Å². The van der Waals surface area contributed by atoms with Gasteiger partial charge in [-0.15, -0.1) is 5.10 Å². The molecule has 0 bridgehead atoms. The van der Waals surface area contributed by atoms with Gasteiger partial charge in [0.2, 0.25) is 5.89 Å². The zero-order valence-corrected chi connectivity index (χ0v) is 15.5. The first-order valence-corrected chi connectivity index (χ1v) is 8.52. The lowest BCUT2D eigenvalue weighted by Crippen LogP contribution is -2.17. The van der Waals surface area contributed by atoms with Gasteiger partial charge in [-0.3, -0.25) is 0 Å². The van der Waals surface area contributed by atoms with Crippen LogP contribution in [0.5, 0.6) is 0 Å². The molecule has 0 amide bonds. The summed E-state index contributed by atoms with van der Waals surface area (Å²) in [5.41, 5.74) is 0.931. The summed E-state index contributed by atoms with van der Waals surface area (Å²) in [5, 5.41) is 12.6. The molecule has 0 aliphatic carbocycles. The van der Waals surface area contributed by atoms with Crippen molar-refractivity contribution in [3.8, 4) is 11.5 Å². The fourth-order valence-electron chi connectivity index (χ4n) is 1.98. The second-order valence-corrected chi connectivity index (χ2v) is 5.97. The van der Waals surface area contributed by atoms with E-state index in [1.165, 1.54) is 10.7 Å². The highest BCUT2D eigenvalue weighted by Gasteiger charge is 2.11. The van der Waals surface area contributed by atoms with Gasteiger partial charge in [0.25, 0.3) is 0 Å². The lowest BCUT2D eigenvalue weighted by molar-refractivity contribution is 0.461. The fraction of sp³-hybridized carbons (Fsp3) is 0.176. The van der Waals surface area contributed by atoms with Crippen LogP contribution in [0.4, 0.5) is 4.39 Å². The van der Waals surface area contributed by atoms with Crippen molar-refractivity contribution < 1.29 is 8.81 Å². The van der Waals surface area contributed by atoms with Crippen molar-refractivity contribution in [3.05, 3.63) is 69.0 Å². The summed E-state index contributed by atoms with van der Waals surface area (Å²) < 4.78 is 21.1. The summed E-state index contributed by atoms with van der Waals surface area (Å²) >= 11 is 9.14. The molecule has 0 unspecified atom stereocenters. The van der Waals surface area contributed by atoms with Crippen molar-refractivity contribution in [1.82, 2.24) is 9.78 Å². The van der Waals surface area contributed by atoms with E-state index in [1.54, 1.807) is 36.4 Å². The van der Waals surface area contributed by atoms with Gasteiger partial charge >= 0.3 is 5.68 Å². The quantitative estimate of drug-likeness (QED) is 0.638. The van der Waals surface area contributed by atoms with Gasteiger partial charge in [0.1, 0.15) is 5.82 Å². The second-order valence-electron chi connectivity index (χ2n) is 4.62. The van der Waals surface area contributed by atoms with E-state index < -0.39 is 0 Å². The van der Waals surface area contributed by atoms with Gasteiger partial charge in [-0.25, -0.2) is 14.5 Å². The Morgan fingerprint density at radius 3 is 2.67 bits per heavy atom. The summed E-state index contributed by atoms with van der Waals surface area (Å²) in [5.74, 6) is -0.0985. The molecule has 0 radical (unpaired) electrons. The molecule has 24 heavy (non-hydrogen) atoms. The molecule has 7 heteroatoms. The van der Waals surface area contributed by atoms with Gasteiger partial charge in [0, 0.05) is 20.6 Å². The molecule has 126 valence electrons. The fourth-order valence-corrected chi connectivity index (χ4v) is 2.50. The SMILES string of the molecule is CC.N=c1oc(-c2cccc(Cl)c2)nn1Cc1ccc(Br)cc1F. The largest absolute Gasteiger partial charge is 0.404 e. The van der Waals surface area contributed by atoms with E-state index in [0.29, 0.717) is 20.6 Å². The van der Waals surface area contributed by atoms with Crippen LogP contribution in [0.15, 0.2) is 51.4 Å². The van der Waals surface area contributed by atoms with Gasteiger partial charge in [-0.1, -0.05) is 53.5 Å². The highest BCUT2D eigenvalue weighted by molar-refractivity contribution is 9.10. The Morgan fingerprint density at radius 1 is 1.25 bits per heavy atom. The highest BCUT2D eigenvalue weighted by atomic mass is 79.9. The molecule has 0 saturated heterocycles. The van der Waals surface area contributed by atoms with Crippen LogP contribution in [0, 0.1) is 11.2 Å². The maximum absolute atomic E-state index is 13.9. The maximum atomic E-state index is 13.9. The highest BCUT2D eigenvalue weighted by Crippen LogP contribution is 2.20. The first-order chi connectivity index (χ1) is 11.5. The van der Waals surface area contributed by atoms with Crippen LogP contribution in [-0.2, 0) is 6.54 Å². The van der Waals surface area contributed by atoms with Crippen molar-refractivity contribution in [3.63, 3.8) is 0 Å². The van der Waals surface area contributed by atoms with Crippen molar-refractivity contribution in [2.75, 3.05) is 0 Å². The molecule has 0 saturated carbocycles. The van der Waals surface area contributed by atoms with Crippen LogP contribution in [0.1, 0.15) is 19.4 Å². The third-order valence-corrected chi connectivity index (χ3v) is 3.77. The smallest absolute Gasteiger partial charge is 0.312 e. The van der Waals surface area contributed by atoms with Gasteiger partial charge in [-0.2, -0.15) is 0 Å². The number of nitrogens with zero attached hydrogens (tertiary/aromatic N) is 2. The predicted octanol–water partition coefficient (Wildman–Crippen LogP) is 5.25. The molecule has 1 aromatic heterocycles. The molecule has 0 atom stereocenters. The first kappa shape index (κ1) is 18.4. The molecule has 0 fully saturated rings. The summed E-state index contributed by atoms with van der Waals surface area (Å²) in [6.45, 7) is 4.11. The average molecular weight is 413 g/mol. The van der Waals surface area contributed by atoms with Crippen molar-refractivity contribution in [2.45, 2.75) is 20.4 Å². The number of halogens is 3. The van der Waals surface area contributed by atoms with Crippen LogP contribution in [0.2, 0.25) is 5.02 Å². The standard InChI is InChI=1S/C15H10BrClFN3O.C2H6/c16-11-5-4-10(13(18)7-11)8-21-15(19)22-14(20-21)9-2-1-3-12(17)6-9;1-2/h1-7,19H,8H2;1-2H3. The molecular weight excluding hydrogens is 397 g/mol. The average Bonchev–Trinajstić information content (AvgIpc) is 2.93. The number of benzene rings is 2. The Morgan fingerprint density at radius 2 is 2.00 bits per heavy atom. The van der Waals surface area contributed by atoms with Crippen molar-refractivity contribution >= 4 is 27.5 Å². The molecule has 1 heterocycles. The molecule has 4 nitrogen and oxygen atoms in total. The lowest BCUT2D eigenvalue weighted by atomic mass is 10.2. The minimum absolute atomic E-state index is 0.113. The van der Waals surface area contributed by atoms with Gasteiger partial charge in [0.15, 0.2) is 0 Å². The molecule has 3 aromatic rings.